The molecule has 1 aromatic carbocycles. The van der Waals surface area contributed by atoms with Crippen molar-refractivity contribution in [1.29, 1.82) is 0 Å². The van der Waals surface area contributed by atoms with Gasteiger partial charge in [0.15, 0.2) is 0 Å². The van der Waals surface area contributed by atoms with E-state index in [0.29, 0.717) is 31.1 Å². The summed E-state index contributed by atoms with van der Waals surface area (Å²) < 4.78 is 24.4. The lowest BCUT2D eigenvalue weighted by atomic mass is 9.98. The Labute approximate surface area is 132 Å². The number of hydrogen-bond acceptors (Lipinski definition) is 3. The number of nitrogens with zero attached hydrogens (tertiary/aromatic N) is 1. The number of aryl methyl sites for hydroxylation is 2. The first-order chi connectivity index (χ1) is 10.3. The largest absolute Gasteiger partial charge is 0.352 e. The van der Waals surface area contributed by atoms with Crippen LogP contribution in [-0.4, -0.2) is 44.5 Å². The number of sulfonamides is 1. The highest BCUT2D eigenvalue weighted by Gasteiger charge is 2.25. The van der Waals surface area contributed by atoms with E-state index in [-0.39, 0.29) is 5.91 Å². The zero-order valence-electron chi connectivity index (χ0n) is 13.4. The predicted octanol–water partition coefficient (Wildman–Crippen LogP) is 1.70. The molecule has 0 aromatic heterocycles. The van der Waals surface area contributed by atoms with Gasteiger partial charge in [0.25, 0.3) is 5.91 Å². The van der Waals surface area contributed by atoms with Gasteiger partial charge in [-0.05, 0) is 44.2 Å². The second-order valence-corrected chi connectivity index (χ2v) is 8.12. The summed E-state index contributed by atoms with van der Waals surface area (Å²) in [6.45, 7) is 5.59. The maximum atomic E-state index is 12.3. The zero-order chi connectivity index (χ0) is 16.3. The van der Waals surface area contributed by atoms with E-state index in [1.54, 1.807) is 0 Å². The fourth-order valence-corrected chi connectivity index (χ4v) is 3.63. The Morgan fingerprint density at radius 2 is 1.91 bits per heavy atom. The number of piperidine rings is 1. The third-order valence-electron chi connectivity index (χ3n) is 4.23. The Morgan fingerprint density at radius 3 is 2.50 bits per heavy atom. The first kappa shape index (κ1) is 17.0. The van der Waals surface area contributed by atoms with Crippen LogP contribution in [0.25, 0.3) is 0 Å². The molecule has 22 heavy (non-hydrogen) atoms. The Morgan fingerprint density at radius 1 is 1.27 bits per heavy atom. The van der Waals surface area contributed by atoms with Crippen LogP contribution in [0.5, 0.6) is 0 Å². The van der Waals surface area contributed by atoms with Gasteiger partial charge >= 0.3 is 0 Å². The van der Waals surface area contributed by atoms with E-state index in [0.717, 1.165) is 24.0 Å². The summed E-state index contributed by atoms with van der Waals surface area (Å²) in [6, 6.07) is 5.85. The van der Waals surface area contributed by atoms with E-state index in [4.69, 9.17) is 0 Å². The van der Waals surface area contributed by atoms with Crippen molar-refractivity contribution in [2.24, 2.45) is 5.92 Å². The van der Waals surface area contributed by atoms with Crippen molar-refractivity contribution in [3.05, 3.63) is 34.9 Å². The van der Waals surface area contributed by atoms with Gasteiger partial charge in [-0.2, -0.15) is 0 Å². The molecule has 5 nitrogen and oxygen atoms in total. The molecule has 0 unspecified atom stereocenters. The Bertz CT molecular complexity index is 647. The lowest BCUT2D eigenvalue weighted by Gasteiger charge is -2.30. The summed E-state index contributed by atoms with van der Waals surface area (Å²) in [5.74, 6) is 0.291. The molecule has 2 rings (SSSR count). The normalized spacial score (nSPS) is 17.4. The van der Waals surface area contributed by atoms with Crippen LogP contribution >= 0.6 is 0 Å². The van der Waals surface area contributed by atoms with Gasteiger partial charge in [-0.25, -0.2) is 12.7 Å². The maximum Gasteiger partial charge on any atom is 0.251 e. The molecule has 0 aliphatic carbocycles. The van der Waals surface area contributed by atoms with Gasteiger partial charge in [-0.15, -0.1) is 0 Å². The highest BCUT2D eigenvalue weighted by molar-refractivity contribution is 7.88. The average molecular weight is 324 g/mol. The number of nitrogens with one attached hydrogen (secondary N) is 1. The topological polar surface area (TPSA) is 66.5 Å². The first-order valence-corrected chi connectivity index (χ1v) is 9.43. The molecule has 1 heterocycles. The molecule has 122 valence electrons. The van der Waals surface area contributed by atoms with Gasteiger partial charge in [0.2, 0.25) is 10.0 Å². The molecule has 0 atom stereocenters. The monoisotopic (exact) mass is 324 g/mol. The standard InChI is InChI=1S/C16H24N2O3S/c1-12-4-5-13(2)15(10-12)16(19)17-11-14-6-8-18(9-7-14)22(3,20)21/h4-5,10,14H,6-9,11H2,1-3H3,(H,17,19). The van der Waals surface area contributed by atoms with E-state index in [2.05, 4.69) is 5.32 Å². The molecule has 1 saturated heterocycles. The lowest BCUT2D eigenvalue weighted by molar-refractivity contribution is 0.0941. The highest BCUT2D eigenvalue weighted by atomic mass is 32.2. The highest BCUT2D eigenvalue weighted by Crippen LogP contribution is 2.18. The number of rotatable bonds is 4. The predicted molar refractivity (Wildman–Crippen MR) is 87.4 cm³/mol. The smallest absolute Gasteiger partial charge is 0.251 e. The van der Waals surface area contributed by atoms with E-state index in [9.17, 15) is 13.2 Å². The van der Waals surface area contributed by atoms with Gasteiger partial charge in [0.1, 0.15) is 0 Å². The molecule has 1 fully saturated rings. The molecule has 1 aliphatic heterocycles. The first-order valence-electron chi connectivity index (χ1n) is 7.58. The summed E-state index contributed by atoms with van der Waals surface area (Å²) in [4.78, 5) is 12.3. The van der Waals surface area contributed by atoms with Gasteiger partial charge in [0, 0.05) is 25.2 Å². The van der Waals surface area contributed by atoms with Crippen LogP contribution in [0.1, 0.15) is 34.3 Å². The minimum absolute atomic E-state index is 0.0493. The van der Waals surface area contributed by atoms with Crippen molar-refractivity contribution in [3.8, 4) is 0 Å². The second kappa shape index (κ2) is 6.79. The van der Waals surface area contributed by atoms with Crippen LogP contribution in [0, 0.1) is 19.8 Å². The maximum absolute atomic E-state index is 12.3. The van der Waals surface area contributed by atoms with Gasteiger partial charge in [0.05, 0.1) is 6.26 Å². The van der Waals surface area contributed by atoms with Crippen molar-refractivity contribution in [2.75, 3.05) is 25.9 Å². The van der Waals surface area contributed by atoms with Crippen LogP contribution in [0.4, 0.5) is 0 Å². The Hall–Kier alpha value is -1.40. The molecule has 0 radical (unpaired) electrons. The third-order valence-corrected chi connectivity index (χ3v) is 5.53. The fraction of sp³-hybridized carbons (Fsp3) is 0.562. The minimum Gasteiger partial charge on any atom is -0.352 e. The van der Waals surface area contributed by atoms with Gasteiger partial charge in [-0.3, -0.25) is 4.79 Å². The molecule has 6 heteroatoms. The number of amides is 1. The molecule has 1 aromatic rings. The van der Waals surface area contributed by atoms with Crippen LogP contribution in [0.2, 0.25) is 0 Å². The summed E-state index contributed by atoms with van der Waals surface area (Å²) >= 11 is 0. The molecule has 0 spiro atoms. The lowest BCUT2D eigenvalue weighted by Crippen LogP contribution is -2.41. The third kappa shape index (κ3) is 4.30. The van der Waals surface area contributed by atoms with Crippen molar-refractivity contribution in [1.82, 2.24) is 9.62 Å². The summed E-state index contributed by atoms with van der Waals surface area (Å²) in [6.07, 6.45) is 2.83. The molecule has 1 aliphatic rings. The van der Waals surface area contributed by atoms with Crippen LogP contribution in [0.15, 0.2) is 18.2 Å². The quantitative estimate of drug-likeness (QED) is 0.917. The van der Waals surface area contributed by atoms with Gasteiger partial charge in [-0.1, -0.05) is 17.7 Å². The number of benzene rings is 1. The van der Waals surface area contributed by atoms with Gasteiger partial charge < -0.3 is 5.32 Å². The van der Waals surface area contributed by atoms with Crippen molar-refractivity contribution in [2.45, 2.75) is 26.7 Å². The fourth-order valence-electron chi connectivity index (χ4n) is 2.76. The Balaban J connectivity index is 1.87. The zero-order valence-corrected chi connectivity index (χ0v) is 14.2. The average Bonchev–Trinajstić information content (AvgIpc) is 2.47. The van der Waals surface area contributed by atoms with Crippen LogP contribution in [-0.2, 0) is 10.0 Å². The molecule has 0 bridgehead atoms. The van der Waals surface area contributed by atoms with Crippen molar-refractivity contribution < 1.29 is 13.2 Å². The second-order valence-electron chi connectivity index (χ2n) is 6.13. The summed E-state index contributed by atoms with van der Waals surface area (Å²) in [5.41, 5.74) is 2.75. The Kier molecular flexibility index (Phi) is 5.24. The van der Waals surface area contributed by atoms with Crippen molar-refractivity contribution >= 4 is 15.9 Å². The van der Waals surface area contributed by atoms with E-state index < -0.39 is 10.0 Å². The van der Waals surface area contributed by atoms with E-state index >= 15 is 0 Å². The minimum atomic E-state index is -3.09. The van der Waals surface area contributed by atoms with Crippen LogP contribution in [0.3, 0.4) is 0 Å². The van der Waals surface area contributed by atoms with E-state index in [1.165, 1.54) is 10.6 Å². The number of hydrogen-bond donors (Lipinski definition) is 1. The summed E-state index contributed by atoms with van der Waals surface area (Å²) in [5, 5.41) is 2.98. The SMILES string of the molecule is Cc1ccc(C)c(C(=O)NCC2CCN(S(C)(=O)=O)CC2)c1. The van der Waals surface area contributed by atoms with E-state index in [1.807, 2.05) is 32.0 Å². The molecule has 1 N–H and O–H groups in total. The van der Waals surface area contributed by atoms with Crippen molar-refractivity contribution in [3.63, 3.8) is 0 Å². The number of carbonyl (C=O) groups is 1. The molecule has 0 saturated carbocycles. The summed E-state index contributed by atoms with van der Waals surface area (Å²) in [7, 11) is -3.09. The number of carbonyl (C=O) groups excluding carboxylic acids is 1. The molecule has 1 amide bonds. The van der Waals surface area contributed by atoms with Crippen LogP contribution < -0.4 is 5.32 Å². The molecular formula is C16H24N2O3S. The molecular weight excluding hydrogens is 300 g/mol.